The molecule has 0 saturated heterocycles. The molecule has 0 saturated carbocycles. The molecule has 0 fully saturated rings. The van der Waals surface area contributed by atoms with E-state index in [2.05, 4.69) is 15.9 Å². The predicted octanol–water partition coefficient (Wildman–Crippen LogP) is -0.370. The van der Waals surface area contributed by atoms with Crippen molar-refractivity contribution < 1.29 is 18.1 Å². The molecule has 56 valence electrons. The van der Waals surface area contributed by atoms with Gasteiger partial charge in [-0.3, -0.25) is 4.55 Å². The molecule has 6 heteroatoms. The van der Waals surface area contributed by atoms with Crippen LogP contribution in [-0.4, -0.2) is 35.3 Å². The molecule has 0 spiro atoms. The van der Waals surface area contributed by atoms with Crippen molar-refractivity contribution in [3.63, 3.8) is 0 Å². The SMILES string of the molecule is O=S(=O)(O)CC(O)CBr. The third-order valence-corrected chi connectivity index (χ3v) is 2.13. The first kappa shape index (κ1) is 9.35. The zero-order chi connectivity index (χ0) is 7.49. The maximum Gasteiger partial charge on any atom is 0.267 e. The highest BCUT2D eigenvalue weighted by Crippen LogP contribution is 1.93. The van der Waals surface area contributed by atoms with Crippen molar-refractivity contribution in [3.8, 4) is 0 Å². The minimum atomic E-state index is -4.02. The molecule has 9 heavy (non-hydrogen) atoms. The van der Waals surface area contributed by atoms with Crippen LogP contribution in [-0.2, 0) is 10.1 Å². The average molecular weight is 219 g/mol. The second-order valence-electron chi connectivity index (χ2n) is 1.56. The van der Waals surface area contributed by atoms with Gasteiger partial charge in [0.05, 0.1) is 6.10 Å². The van der Waals surface area contributed by atoms with E-state index in [1.165, 1.54) is 0 Å². The number of aliphatic hydroxyl groups is 1. The molecule has 0 rings (SSSR count). The van der Waals surface area contributed by atoms with Crippen molar-refractivity contribution in [1.82, 2.24) is 0 Å². The van der Waals surface area contributed by atoms with Gasteiger partial charge in [-0.15, -0.1) is 0 Å². The Morgan fingerprint density at radius 1 is 1.56 bits per heavy atom. The van der Waals surface area contributed by atoms with E-state index in [1.54, 1.807) is 0 Å². The smallest absolute Gasteiger partial charge is 0.267 e. The Morgan fingerprint density at radius 2 is 2.00 bits per heavy atom. The molecule has 4 nitrogen and oxygen atoms in total. The number of alkyl halides is 1. The Balaban J connectivity index is 3.75. The Kier molecular flexibility index (Phi) is 3.64. The van der Waals surface area contributed by atoms with Crippen molar-refractivity contribution in [2.75, 3.05) is 11.1 Å². The zero-order valence-electron chi connectivity index (χ0n) is 4.49. The molecule has 0 radical (unpaired) electrons. The predicted molar refractivity (Wildman–Crippen MR) is 36.2 cm³/mol. The minimum Gasteiger partial charge on any atom is -0.391 e. The molecule has 0 bridgehead atoms. The highest BCUT2D eigenvalue weighted by atomic mass is 79.9. The number of hydrogen-bond donors (Lipinski definition) is 2. The summed E-state index contributed by atoms with van der Waals surface area (Å²) >= 11 is 2.84. The van der Waals surface area contributed by atoms with Crippen molar-refractivity contribution in [2.24, 2.45) is 0 Å². The molecule has 1 unspecified atom stereocenters. The lowest BCUT2D eigenvalue weighted by Crippen LogP contribution is -2.21. The van der Waals surface area contributed by atoms with E-state index < -0.39 is 22.0 Å². The summed E-state index contributed by atoms with van der Waals surface area (Å²) in [6.45, 7) is 0. The molecule has 0 aromatic heterocycles. The summed E-state index contributed by atoms with van der Waals surface area (Å²) in [5.41, 5.74) is 0. The van der Waals surface area contributed by atoms with Crippen LogP contribution in [0, 0.1) is 0 Å². The highest BCUT2D eigenvalue weighted by Gasteiger charge is 2.11. The van der Waals surface area contributed by atoms with E-state index in [4.69, 9.17) is 9.66 Å². The molecule has 0 aromatic rings. The Morgan fingerprint density at radius 3 is 2.11 bits per heavy atom. The van der Waals surface area contributed by atoms with Crippen LogP contribution in [0.4, 0.5) is 0 Å². The fraction of sp³-hybridized carbons (Fsp3) is 1.00. The lowest BCUT2D eigenvalue weighted by atomic mass is 10.5. The van der Waals surface area contributed by atoms with Crippen LogP contribution in [0.25, 0.3) is 0 Å². The summed E-state index contributed by atoms with van der Waals surface area (Å²) in [7, 11) is -4.02. The molecule has 0 amide bonds. The fourth-order valence-corrected chi connectivity index (χ4v) is 1.42. The van der Waals surface area contributed by atoms with Gasteiger partial charge in [0.2, 0.25) is 0 Å². The topological polar surface area (TPSA) is 74.6 Å². The van der Waals surface area contributed by atoms with Gasteiger partial charge in [-0.25, -0.2) is 0 Å². The van der Waals surface area contributed by atoms with E-state index >= 15 is 0 Å². The van der Waals surface area contributed by atoms with Gasteiger partial charge in [-0.05, 0) is 0 Å². The van der Waals surface area contributed by atoms with Crippen LogP contribution in [0.3, 0.4) is 0 Å². The summed E-state index contributed by atoms with van der Waals surface area (Å²) in [5.74, 6) is -0.613. The summed E-state index contributed by atoms with van der Waals surface area (Å²) in [4.78, 5) is 0. The van der Waals surface area contributed by atoms with E-state index in [-0.39, 0.29) is 5.33 Å². The minimum absolute atomic E-state index is 0.146. The molecule has 0 heterocycles. The molecule has 1 atom stereocenters. The van der Waals surface area contributed by atoms with Gasteiger partial charge in [0.25, 0.3) is 10.1 Å². The van der Waals surface area contributed by atoms with Gasteiger partial charge in [0, 0.05) is 5.33 Å². The molecule has 0 aliphatic rings. The lowest BCUT2D eigenvalue weighted by Gasteiger charge is -2.01. The number of rotatable bonds is 3. The zero-order valence-corrected chi connectivity index (χ0v) is 6.89. The largest absolute Gasteiger partial charge is 0.391 e. The number of aliphatic hydroxyl groups excluding tert-OH is 1. The van der Waals surface area contributed by atoms with Gasteiger partial charge >= 0.3 is 0 Å². The third-order valence-electron chi connectivity index (χ3n) is 0.581. The van der Waals surface area contributed by atoms with Crippen molar-refractivity contribution in [2.45, 2.75) is 6.10 Å². The average Bonchev–Trinajstić information content (AvgIpc) is 1.62. The van der Waals surface area contributed by atoms with Gasteiger partial charge in [0.1, 0.15) is 5.75 Å². The Bertz CT molecular complexity index is 163. The van der Waals surface area contributed by atoms with E-state index in [0.29, 0.717) is 0 Å². The molecule has 0 aliphatic heterocycles. The van der Waals surface area contributed by atoms with Gasteiger partial charge in [0.15, 0.2) is 0 Å². The first-order valence-corrected chi connectivity index (χ1v) is 4.88. The quantitative estimate of drug-likeness (QED) is 0.501. The van der Waals surface area contributed by atoms with E-state index in [9.17, 15) is 8.42 Å². The first-order valence-electron chi connectivity index (χ1n) is 2.15. The molecule has 2 N–H and O–H groups in total. The second-order valence-corrected chi connectivity index (χ2v) is 3.70. The van der Waals surface area contributed by atoms with E-state index in [0.717, 1.165) is 0 Å². The van der Waals surface area contributed by atoms with Crippen LogP contribution < -0.4 is 0 Å². The maximum absolute atomic E-state index is 9.98. The Hall–Kier alpha value is 0.350. The van der Waals surface area contributed by atoms with Crippen LogP contribution >= 0.6 is 15.9 Å². The monoisotopic (exact) mass is 218 g/mol. The van der Waals surface area contributed by atoms with Crippen LogP contribution in [0.15, 0.2) is 0 Å². The molecule has 0 aliphatic carbocycles. The van der Waals surface area contributed by atoms with Crippen molar-refractivity contribution in [3.05, 3.63) is 0 Å². The standard InChI is InChI=1S/C3H7BrO4S/c4-1-3(5)2-9(6,7)8/h3,5H,1-2H2,(H,6,7,8). The Labute approximate surface area is 61.8 Å². The van der Waals surface area contributed by atoms with Crippen LogP contribution in [0.5, 0.6) is 0 Å². The van der Waals surface area contributed by atoms with Crippen molar-refractivity contribution >= 4 is 26.0 Å². The fourth-order valence-electron chi connectivity index (χ4n) is 0.288. The summed E-state index contributed by atoms with van der Waals surface area (Å²) < 4.78 is 28.1. The summed E-state index contributed by atoms with van der Waals surface area (Å²) in [6.07, 6.45) is -1.03. The number of halogens is 1. The number of hydrogen-bond acceptors (Lipinski definition) is 3. The van der Waals surface area contributed by atoms with Gasteiger partial charge < -0.3 is 5.11 Å². The van der Waals surface area contributed by atoms with Gasteiger partial charge in [-0.1, -0.05) is 15.9 Å². The molecule has 0 aromatic carbocycles. The molecular formula is C3H7BrO4S. The maximum atomic E-state index is 9.98. The second kappa shape index (κ2) is 3.50. The summed E-state index contributed by atoms with van der Waals surface area (Å²) in [5, 5.41) is 8.75. The summed E-state index contributed by atoms with van der Waals surface area (Å²) in [6, 6.07) is 0. The van der Waals surface area contributed by atoms with Crippen LogP contribution in [0.1, 0.15) is 0 Å². The molecular weight excluding hydrogens is 212 g/mol. The van der Waals surface area contributed by atoms with E-state index in [1.807, 2.05) is 0 Å². The highest BCUT2D eigenvalue weighted by molar-refractivity contribution is 9.09. The first-order chi connectivity index (χ1) is 3.95. The third kappa shape index (κ3) is 6.23. The van der Waals surface area contributed by atoms with Crippen molar-refractivity contribution in [1.29, 1.82) is 0 Å². The van der Waals surface area contributed by atoms with Gasteiger partial charge in [-0.2, -0.15) is 8.42 Å². The normalized spacial score (nSPS) is 15.4. The lowest BCUT2D eigenvalue weighted by molar-refractivity contribution is 0.221. The van der Waals surface area contributed by atoms with Crippen LogP contribution in [0.2, 0.25) is 0 Å².